The molecular weight excluding hydrogens is 777 g/mol. The molecule has 64 heavy (non-hydrogen) atoms. The Kier molecular flexibility index (Phi) is 9.12. The lowest BCUT2D eigenvalue weighted by Crippen LogP contribution is -1.96. The Labute approximate surface area is 370 Å². The van der Waals surface area contributed by atoms with Gasteiger partial charge in [0.25, 0.3) is 0 Å². The van der Waals surface area contributed by atoms with Gasteiger partial charge in [-0.3, -0.25) is 0 Å². The molecule has 0 saturated carbocycles. The number of benzene rings is 10. The van der Waals surface area contributed by atoms with Crippen molar-refractivity contribution in [1.82, 2.24) is 19.9 Å². The molecule has 0 aliphatic heterocycles. The van der Waals surface area contributed by atoms with E-state index in [4.69, 9.17) is 19.9 Å². The molecule has 12 rings (SSSR count). The Morgan fingerprint density at radius 2 is 0.422 bits per heavy atom. The SMILES string of the molecule is c1ccc2cc(-c3cc(-c4ccc5ccccc5c4)nc(-c4ccc(-c5ccc(-c6cc(-c7ccc8ccccc8c7)nc(-c7ccc8ccccc8c7)n6)cc5)cc4)n3)ccc2c1. The predicted octanol–water partition coefficient (Wildman–Crippen LogP) is 15.5. The number of hydrogen-bond donors (Lipinski definition) is 0. The van der Waals surface area contributed by atoms with Crippen molar-refractivity contribution in [3.8, 4) is 78.9 Å². The monoisotopic (exact) mass is 814 g/mol. The van der Waals surface area contributed by atoms with Crippen LogP contribution in [0.1, 0.15) is 0 Å². The molecule has 298 valence electrons. The van der Waals surface area contributed by atoms with Crippen LogP contribution in [-0.2, 0) is 0 Å². The van der Waals surface area contributed by atoms with Gasteiger partial charge in [-0.05, 0) is 90.6 Å². The van der Waals surface area contributed by atoms with Crippen molar-refractivity contribution in [3.05, 3.63) is 231 Å². The lowest BCUT2D eigenvalue weighted by molar-refractivity contribution is 1.18. The van der Waals surface area contributed by atoms with E-state index in [-0.39, 0.29) is 0 Å². The van der Waals surface area contributed by atoms with Crippen molar-refractivity contribution in [2.75, 3.05) is 0 Å². The van der Waals surface area contributed by atoms with Gasteiger partial charge in [-0.25, -0.2) is 19.9 Å². The van der Waals surface area contributed by atoms with Crippen LogP contribution >= 0.6 is 0 Å². The summed E-state index contributed by atoms with van der Waals surface area (Å²) in [5.41, 5.74) is 11.9. The molecule has 0 unspecified atom stereocenters. The van der Waals surface area contributed by atoms with Crippen LogP contribution in [0.5, 0.6) is 0 Å². The average Bonchev–Trinajstić information content (AvgIpc) is 3.38. The van der Waals surface area contributed by atoms with Crippen molar-refractivity contribution < 1.29 is 0 Å². The Balaban J connectivity index is 0.894. The van der Waals surface area contributed by atoms with Crippen LogP contribution in [-0.4, -0.2) is 19.9 Å². The van der Waals surface area contributed by atoms with E-state index >= 15 is 0 Å². The summed E-state index contributed by atoms with van der Waals surface area (Å²) in [4.78, 5) is 20.7. The van der Waals surface area contributed by atoms with Crippen LogP contribution in [0.2, 0.25) is 0 Å². The molecule has 0 bridgehead atoms. The van der Waals surface area contributed by atoms with Gasteiger partial charge in [-0.15, -0.1) is 0 Å². The minimum absolute atomic E-state index is 0.684. The molecule has 0 N–H and O–H groups in total. The minimum Gasteiger partial charge on any atom is -0.228 e. The highest BCUT2D eigenvalue weighted by molar-refractivity contribution is 5.91. The molecule has 0 spiro atoms. The summed E-state index contributed by atoms with van der Waals surface area (Å²) in [6.07, 6.45) is 0. The fraction of sp³-hybridized carbons (Fsp3) is 0. The zero-order valence-corrected chi connectivity index (χ0v) is 34.7. The largest absolute Gasteiger partial charge is 0.228 e. The van der Waals surface area contributed by atoms with Crippen LogP contribution in [0.3, 0.4) is 0 Å². The van der Waals surface area contributed by atoms with Crippen LogP contribution in [0.25, 0.3) is 122 Å². The normalized spacial score (nSPS) is 11.4. The summed E-state index contributed by atoms with van der Waals surface area (Å²) in [5, 5.41) is 9.49. The summed E-state index contributed by atoms with van der Waals surface area (Å²) in [6.45, 7) is 0. The lowest BCUT2D eigenvalue weighted by Gasteiger charge is -2.12. The van der Waals surface area contributed by atoms with Crippen molar-refractivity contribution in [1.29, 1.82) is 0 Å². The molecule has 2 aromatic heterocycles. The van der Waals surface area contributed by atoms with E-state index in [1.165, 1.54) is 37.7 Å². The van der Waals surface area contributed by atoms with Gasteiger partial charge in [0.15, 0.2) is 11.6 Å². The first-order valence-corrected chi connectivity index (χ1v) is 21.6. The third kappa shape index (κ3) is 7.13. The van der Waals surface area contributed by atoms with Gasteiger partial charge >= 0.3 is 0 Å². The Morgan fingerprint density at radius 1 is 0.172 bits per heavy atom. The van der Waals surface area contributed by atoms with Crippen molar-refractivity contribution >= 4 is 43.1 Å². The molecule has 10 aromatic carbocycles. The number of rotatable bonds is 7. The number of hydrogen-bond acceptors (Lipinski definition) is 4. The summed E-state index contributed by atoms with van der Waals surface area (Å²) >= 11 is 0. The number of nitrogens with zero attached hydrogens (tertiary/aromatic N) is 4. The van der Waals surface area contributed by atoms with E-state index in [2.05, 4.69) is 231 Å². The molecule has 4 heteroatoms. The summed E-state index contributed by atoms with van der Waals surface area (Å²) < 4.78 is 0. The average molecular weight is 815 g/mol. The quantitative estimate of drug-likeness (QED) is 0.161. The standard InChI is InChI=1S/C60H38N4/c1-5-13-47-33-51(29-21-39(47)9-1)56-37-55(61-60(64-56)54-32-24-42-12-4-8-16-50(42)36-54)45-25-17-43(18-26-45)44-19-27-46(28-20-44)59-62-57(52-30-22-40-10-2-6-14-48(40)34-52)38-58(63-59)53-31-23-41-11-3-7-15-49(41)35-53/h1-38H. The van der Waals surface area contributed by atoms with Crippen molar-refractivity contribution in [2.24, 2.45) is 0 Å². The van der Waals surface area contributed by atoms with E-state index in [9.17, 15) is 0 Å². The van der Waals surface area contributed by atoms with Crippen LogP contribution < -0.4 is 0 Å². The zero-order valence-electron chi connectivity index (χ0n) is 34.7. The Hall–Kier alpha value is -8.60. The molecule has 4 nitrogen and oxygen atoms in total. The zero-order chi connectivity index (χ0) is 42.4. The predicted molar refractivity (Wildman–Crippen MR) is 266 cm³/mol. The lowest BCUT2D eigenvalue weighted by atomic mass is 9.99. The van der Waals surface area contributed by atoms with Gasteiger partial charge in [-0.2, -0.15) is 0 Å². The number of fused-ring (bicyclic) bond motifs is 4. The molecule has 2 heterocycles. The van der Waals surface area contributed by atoms with E-state index in [1.807, 2.05) is 0 Å². The molecule has 0 fully saturated rings. The first kappa shape index (κ1) is 37.2. The Bertz CT molecular complexity index is 3280. The van der Waals surface area contributed by atoms with Gasteiger partial charge in [0.2, 0.25) is 0 Å². The Morgan fingerprint density at radius 3 is 0.797 bits per heavy atom. The van der Waals surface area contributed by atoms with E-state index in [0.29, 0.717) is 11.6 Å². The van der Waals surface area contributed by atoms with Gasteiger partial charge in [-0.1, -0.05) is 194 Å². The van der Waals surface area contributed by atoms with Gasteiger partial charge in [0, 0.05) is 33.4 Å². The second-order valence-electron chi connectivity index (χ2n) is 16.3. The van der Waals surface area contributed by atoms with E-state index in [0.717, 1.165) is 72.7 Å². The van der Waals surface area contributed by atoms with Crippen LogP contribution in [0.15, 0.2) is 231 Å². The molecule has 0 aliphatic rings. The molecule has 12 aromatic rings. The third-order valence-corrected chi connectivity index (χ3v) is 12.3. The van der Waals surface area contributed by atoms with Crippen molar-refractivity contribution in [3.63, 3.8) is 0 Å². The maximum absolute atomic E-state index is 5.18. The molecular formula is C60H38N4. The third-order valence-electron chi connectivity index (χ3n) is 12.3. The molecule has 0 radical (unpaired) electrons. The van der Waals surface area contributed by atoms with Crippen LogP contribution in [0.4, 0.5) is 0 Å². The molecule has 0 aliphatic carbocycles. The van der Waals surface area contributed by atoms with E-state index in [1.54, 1.807) is 0 Å². The second kappa shape index (κ2) is 15.7. The summed E-state index contributed by atoms with van der Waals surface area (Å²) in [7, 11) is 0. The van der Waals surface area contributed by atoms with Gasteiger partial charge in [0.1, 0.15) is 0 Å². The molecule has 0 atom stereocenters. The highest BCUT2D eigenvalue weighted by Gasteiger charge is 2.15. The van der Waals surface area contributed by atoms with Crippen molar-refractivity contribution in [2.45, 2.75) is 0 Å². The summed E-state index contributed by atoms with van der Waals surface area (Å²) in [5.74, 6) is 1.38. The second-order valence-corrected chi connectivity index (χ2v) is 16.3. The molecule has 0 saturated heterocycles. The fourth-order valence-corrected chi connectivity index (χ4v) is 8.76. The highest BCUT2D eigenvalue weighted by atomic mass is 14.9. The van der Waals surface area contributed by atoms with Gasteiger partial charge in [0.05, 0.1) is 22.8 Å². The smallest absolute Gasteiger partial charge is 0.160 e. The minimum atomic E-state index is 0.684. The van der Waals surface area contributed by atoms with Crippen LogP contribution in [0, 0.1) is 0 Å². The summed E-state index contributed by atoms with van der Waals surface area (Å²) in [6, 6.07) is 81.3. The maximum Gasteiger partial charge on any atom is 0.160 e. The topological polar surface area (TPSA) is 51.6 Å². The maximum atomic E-state index is 5.18. The highest BCUT2D eigenvalue weighted by Crippen LogP contribution is 2.34. The van der Waals surface area contributed by atoms with E-state index < -0.39 is 0 Å². The number of aromatic nitrogens is 4. The first-order chi connectivity index (χ1) is 31.6. The van der Waals surface area contributed by atoms with Gasteiger partial charge < -0.3 is 0 Å². The first-order valence-electron chi connectivity index (χ1n) is 21.6. The fourth-order valence-electron chi connectivity index (χ4n) is 8.76. The molecule has 0 amide bonds.